The van der Waals surface area contributed by atoms with Crippen LogP contribution in [-0.4, -0.2) is 60.6 Å². The van der Waals surface area contributed by atoms with Crippen LogP contribution in [0.1, 0.15) is 43.1 Å². The lowest BCUT2D eigenvalue weighted by Crippen LogP contribution is -2.49. The van der Waals surface area contributed by atoms with Crippen molar-refractivity contribution < 1.29 is 13.2 Å². The van der Waals surface area contributed by atoms with Gasteiger partial charge in [0.1, 0.15) is 0 Å². The first-order chi connectivity index (χ1) is 12.2. The maximum absolute atomic E-state index is 12.3. The summed E-state index contributed by atoms with van der Waals surface area (Å²) >= 11 is 0. The highest BCUT2D eigenvalue weighted by Crippen LogP contribution is 2.13. The molecule has 0 saturated carbocycles. The summed E-state index contributed by atoms with van der Waals surface area (Å²) in [5.41, 5.74) is 3.30. The van der Waals surface area contributed by atoms with Crippen LogP contribution in [0.3, 0.4) is 0 Å². The highest BCUT2D eigenvalue weighted by Gasteiger charge is 2.25. The SMILES string of the molecule is CCCS(=O)(=O)NC1CCN(C(=O)NCCc2c(C)nn(C)c2C)CC1. The molecule has 0 bridgehead atoms. The first-order valence-electron chi connectivity index (χ1n) is 9.25. The van der Waals surface area contributed by atoms with Gasteiger partial charge in [0.25, 0.3) is 0 Å². The molecule has 0 aromatic carbocycles. The minimum absolute atomic E-state index is 0.0729. The molecule has 0 spiro atoms. The van der Waals surface area contributed by atoms with Crippen LogP contribution >= 0.6 is 0 Å². The fourth-order valence-electron chi connectivity index (χ4n) is 3.37. The van der Waals surface area contributed by atoms with Crippen molar-refractivity contribution in [1.29, 1.82) is 0 Å². The van der Waals surface area contributed by atoms with Crippen molar-refractivity contribution in [2.75, 3.05) is 25.4 Å². The maximum Gasteiger partial charge on any atom is 0.317 e. The number of hydrogen-bond acceptors (Lipinski definition) is 4. The van der Waals surface area contributed by atoms with Gasteiger partial charge in [-0.2, -0.15) is 5.10 Å². The summed E-state index contributed by atoms with van der Waals surface area (Å²) in [4.78, 5) is 14.1. The number of likely N-dealkylation sites (tertiary alicyclic amines) is 1. The minimum atomic E-state index is -3.20. The predicted octanol–water partition coefficient (Wildman–Crippen LogP) is 1.08. The van der Waals surface area contributed by atoms with Crippen molar-refractivity contribution in [3.05, 3.63) is 17.0 Å². The van der Waals surface area contributed by atoms with Gasteiger partial charge in [-0.05, 0) is 45.1 Å². The van der Waals surface area contributed by atoms with E-state index in [0.29, 0.717) is 38.9 Å². The van der Waals surface area contributed by atoms with Gasteiger partial charge in [0, 0.05) is 38.4 Å². The zero-order valence-electron chi connectivity index (χ0n) is 16.2. The molecule has 8 nitrogen and oxygen atoms in total. The Morgan fingerprint density at radius 1 is 1.27 bits per heavy atom. The second-order valence-electron chi connectivity index (χ2n) is 6.95. The minimum Gasteiger partial charge on any atom is -0.338 e. The molecule has 1 saturated heterocycles. The normalized spacial score (nSPS) is 16.1. The first kappa shape index (κ1) is 20.7. The highest BCUT2D eigenvalue weighted by molar-refractivity contribution is 7.89. The number of aryl methyl sites for hydroxylation is 2. The Bertz CT molecular complexity index is 721. The van der Waals surface area contributed by atoms with Gasteiger partial charge in [0.05, 0.1) is 11.4 Å². The average molecular weight is 386 g/mol. The predicted molar refractivity (Wildman–Crippen MR) is 102 cm³/mol. The van der Waals surface area contributed by atoms with E-state index in [1.807, 2.05) is 32.5 Å². The number of sulfonamides is 1. The second-order valence-corrected chi connectivity index (χ2v) is 8.83. The molecule has 9 heteroatoms. The second kappa shape index (κ2) is 8.85. The summed E-state index contributed by atoms with van der Waals surface area (Å²) < 4.78 is 28.3. The summed E-state index contributed by atoms with van der Waals surface area (Å²) in [6, 6.07) is -0.157. The Labute approximate surface area is 156 Å². The molecule has 0 unspecified atom stereocenters. The van der Waals surface area contributed by atoms with Gasteiger partial charge < -0.3 is 10.2 Å². The lowest BCUT2D eigenvalue weighted by atomic mass is 10.1. The number of carbonyl (C=O) groups is 1. The van der Waals surface area contributed by atoms with Crippen molar-refractivity contribution >= 4 is 16.1 Å². The molecule has 0 atom stereocenters. The van der Waals surface area contributed by atoms with Crippen LogP contribution in [0.25, 0.3) is 0 Å². The smallest absolute Gasteiger partial charge is 0.317 e. The Morgan fingerprint density at radius 3 is 2.46 bits per heavy atom. The molecule has 1 aliphatic heterocycles. The van der Waals surface area contributed by atoms with E-state index in [-0.39, 0.29) is 17.8 Å². The Balaban J connectivity index is 1.75. The van der Waals surface area contributed by atoms with Crippen LogP contribution in [0.2, 0.25) is 0 Å². The molecule has 1 aromatic heterocycles. The van der Waals surface area contributed by atoms with E-state index in [0.717, 1.165) is 17.8 Å². The first-order valence-corrected chi connectivity index (χ1v) is 10.9. The van der Waals surface area contributed by atoms with Gasteiger partial charge >= 0.3 is 6.03 Å². The fourth-order valence-corrected chi connectivity index (χ4v) is 4.77. The Hall–Kier alpha value is -1.61. The van der Waals surface area contributed by atoms with Crippen LogP contribution in [0.15, 0.2) is 0 Å². The third kappa shape index (κ3) is 5.44. The summed E-state index contributed by atoms with van der Waals surface area (Å²) in [7, 11) is -1.28. The van der Waals surface area contributed by atoms with Gasteiger partial charge in [0.2, 0.25) is 10.0 Å². The number of amides is 2. The monoisotopic (exact) mass is 385 g/mol. The number of aromatic nitrogens is 2. The van der Waals surface area contributed by atoms with Crippen LogP contribution in [0.5, 0.6) is 0 Å². The molecule has 2 heterocycles. The molecule has 0 radical (unpaired) electrons. The van der Waals surface area contributed by atoms with Crippen LogP contribution in [0, 0.1) is 13.8 Å². The van der Waals surface area contributed by atoms with Crippen molar-refractivity contribution in [2.24, 2.45) is 7.05 Å². The lowest BCUT2D eigenvalue weighted by Gasteiger charge is -2.32. The molecule has 26 heavy (non-hydrogen) atoms. The molecule has 2 rings (SSSR count). The molecular weight excluding hydrogens is 354 g/mol. The van der Waals surface area contributed by atoms with Crippen molar-refractivity contribution in [3.63, 3.8) is 0 Å². The quantitative estimate of drug-likeness (QED) is 0.734. The zero-order valence-corrected chi connectivity index (χ0v) is 17.0. The third-order valence-corrected chi connectivity index (χ3v) is 6.55. The summed E-state index contributed by atoms with van der Waals surface area (Å²) in [6.45, 7) is 7.55. The van der Waals surface area contributed by atoms with Gasteiger partial charge in [-0.15, -0.1) is 0 Å². The van der Waals surface area contributed by atoms with Gasteiger partial charge in [-0.1, -0.05) is 6.92 Å². The molecule has 0 aliphatic carbocycles. The molecule has 1 fully saturated rings. The summed E-state index contributed by atoms with van der Waals surface area (Å²) in [5.74, 6) is 0.154. The van der Waals surface area contributed by atoms with E-state index in [2.05, 4.69) is 15.1 Å². The largest absolute Gasteiger partial charge is 0.338 e. The Kier molecular flexibility index (Phi) is 7.05. The van der Waals surface area contributed by atoms with Gasteiger partial charge in [-0.25, -0.2) is 17.9 Å². The number of carbonyl (C=O) groups excluding carboxylic acids is 1. The number of urea groups is 1. The van der Waals surface area contributed by atoms with E-state index < -0.39 is 10.0 Å². The highest BCUT2D eigenvalue weighted by atomic mass is 32.2. The van der Waals surface area contributed by atoms with E-state index in [4.69, 9.17) is 0 Å². The molecule has 1 aliphatic rings. The van der Waals surface area contributed by atoms with Crippen molar-refractivity contribution in [3.8, 4) is 0 Å². The van der Waals surface area contributed by atoms with Crippen molar-refractivity contribution in [2.45, 2.75) is 52.5 Å². The average Bonchev–Trinajstić information content (AvgIpc) is 2.81. The van der Waals surface area contributed by atoms with Crippen LogP contribution in [-0.2, 0) is 23.5 Å². The van der Waals surface area contributed by atoms with E-state index in [9.17, 15) is 13.2 Å². The molecule has 1 aromatic rings. The molecule has 2 N–H and O–H groups in total. The lowest BCUT2D eigenvalue weighted by molar-refractivity contribution is 0.180. The standard InChI is InChI=1S/C17H31N5O3S/c1-5-12-26(24,25)20-15-7-10-22(11-8-15)17(23)18-9-6-16-13(2)19-21(4)14(16)3/h15,20H,5-12H2,1-4H3,(H,18,23). The maximum atomic E-state index is 12.3. The number of hydrogen-bond donors (Lipinski definition) is 2. The number of nitrogens with zero attached hydrogens (tertiary/aromatic N) is 3. The Morgan fingerprint density at radius 2 is 1.92 bits per heavy atom. The van der Waals surface area contributed by atoms with E-state index >= 15 is 0 Å². The van der Waals surface area contributed by atoms with Gasteiger partial charge in [-0.3, -0.25) is 4.68 Å². The molecule has 148 valence electrons. The molecule has 2 amide bonds. The molecular formula is C17H31N5O3S. The van der Waals surface area contributed by atoms with Gasteiger partial charge in [0.15, 0.2) is 0 Å². The van der Waals surface area contributed by atoms with Crippen LogP contribution < -0.4 is 10.0 Å². The number of nitrogens with one attached hydrogen (secondary N) is 2. The number of rotatable bonds is 7. The topological polar surface area (TPSA) is 96.3 Å². The fraction of sp³-hybridized carbons (Fsp3) is 0.765. The third-order valence-electron chi connectivity index (χ3n) is 4.91. The van der Waals surface area contributed by atoms with E-state index in [1.165, 1.54) is 5.56 Å². The summed E-state index contributed by atoms with van der Waals surface area (Å²) in [5, 5.41) is 7.35. The number of piperidine rings is 1. The van der Waals surface area contributed by atoms with Crippen LogP contribution in [0.4, 0.5) is 4.79 Å². The zero-order chi connectivity index (χ0) is 19.3. The van der Waals surface area contributed by atoms with E-state index in [1.54, 1.807) is 4.90 Å². The summed E-state index contributed by atoms with van der Waals surface area (Å²) in [6.07, 6.45) is 2.66. The van der Waals surface area contributed by atoms with Crippen molar-refractivity contribution in [1.82, 2.24) is 24.7 Å².